The monoisotopic (exact) mass is 312 g/mol. The van der Waals surface area contributed by atoms with Gasteiger partial charge in [-0.05, 0) is 23.6 Å². The minimum atomic E-state index is -0.220. The molecular formula is C11H9BrN2O2S. The van der Waals surface area contributed by atoms with Crippen molar-refractivity contribution in [3.05, 3.63) is 39.1 Å². The lowest BCUT2D eigenvalue weighted by atomic mass is 10.4. The van der Waals surface area contributed by atoms with Crippen LogP contribution in [0.5, 0.6) is 5.75 Å². The summed E-state index contributed by atoms with van der Waals surface area (Å²) < 4.78 is 5.95. The highest BCUT2D eigenvalue weighted by atomic mass is 79.9. The third-order valence-electron chi connectivity index (χ3n) is 2.02. The summed E-state index contributed by atoms with van der Waals surface area (Å²) in [5.41, 5.74) is 0. The fourth-order valence-electron chi connectivity index (χ4n) is 1.27. The van der Waals surface area contributed by atoms with Crippen LogP contribution in [0.15, 0.2) is 34.2 Å². The van der Waals surface area contributed by atoms with Crippen molar-refractivity contribution in [2.45, 2.75) is 0 Å². The van der Waals surface area contributed by atoms with Crippen molar-refractivity contribution in [1.29, 1.82) is 0 Å². The standard InChI is InChI=1S/C11H9BrN2O2S/c1-16-8-3-5-17-10(8)11(15)14-9-6-7(12)2-4-13-9/h2-6H,1H3,(H,13,14,15). The number of nitrogens with zero attached hydrogens (tertiary/aromatic N) is 1. The number of rotatable bonds is 3. The van der Waals surface area contributed by atoms with Gasteiger partial charge in [-0.1, -0.05) is 15.9 Å². The molecule has 0 bridgehead atoms. The highest BCUT2D eigenvalue weighted by Crippen LogP contribution is 2.25. The van der Waals surface area contributed by atoms with E-state index in [-0.39, 0.29) is 5.91 Å². The molecule has 2 heterocycles. The molecule has 0 spiro atoms. The van der Waals surface area contributed by atoms with Crippen LogP contribution in [-0.2, 0) is 0 Å². The second-order valence-corrected chi connectivity index (χ2v) is 4.96. The van der Waals surface area contributed by atoms with Gasteiger partial charge in [-0.15, -0.1) is 11.3 Å². The lowest BCUT2D eigenvalue weighted by Gasteiger charge is -2.04. The summed E-state index contributed by atoms with van der Waals surface area (Å²) in [6, 6.07) is 5.29. The first-order valence-electron chi connectivity index (χ1n) is 4.75. The van der Waals surface area contributed by atoms with Crippen LogP contribution in [0.3, 0.4) is 0 Å². The molecule has 0 fully saturated rings. The van der Waals surface area contributed by atoms with Crippen LogP contribution in [-0.4, -0.2) is 18.0 Å². The molecule has 0 aromatic carbocycles. The zero-order valence-electron chi connectivity index (χ0n) is 8.94. The third-order valence-corrected chi connectivity index (χ3v) is 3.41. The number of ether oxygens (including phenoxy) is 1. The molecule has 0 saturated carbocycles. The van der Waals surface area contributed by atoms with Crippen LogP contribution in [0.4, 0.5) is 5.82 Å². The Morgan fingerprint density at radius 1 is 1.53 bits per heavy atom. The van der Waals surface area contributed by atoms with Crippen molar-refractivity contribution in [1.82, 2.24) is 4.98 Å². The van der Waals surface area contributed by atoms with Gasteiger partial charge in [-0.2, -0.15) is 0 Å². The third kappa shape index (κ3) is 2.83. The number of hydrogen-bond acceptors (Lipinski definition) is 4. The summed E-state index contributed by atoms with van der Waals surface area (Å²) in [5, 5.41) is 4.52. The van der Waals surface area contributed by atoms with Gasteiger partial charge < -0.3 is 10.1 Å². The maximum absolute atomic E-state index is 11.9. The zero-order valence-corrected chi connectivity index (χ0v) is 11.3. The Kier molecular flexibility index (Phi) is 3.75. The number of carbonyl (C=O) groups is 1. The van der Waals surface area contributed by atoms with Gasteiger partial charge in [-0.3, -0.25) is 4.79 Å². The normalized spacial score (nSPS) is 10.0. The van der Waals surface area contributed by atoms with Crippen LogP contribution in [0.1, 0.15) is 9.67 Å². The summed E-state index contributed by atoms with van der Waals surface area (Å²) in [6.45, 7) is 0. The number of halogens is 1. The molecule has 2 aromatic heterocycles. The molecule has 0 aliphatic rings. The first-order valence-corrected chi connectivity index (χ1v) is 6.42. The minimum Gasteiger partial charge on any atom is -0.495 e. The second kappa shape index (κ2) is 5.29. The van der Waals surface area contributed by atoms with E-state index in [9.17, 15) is 4.79 Å². The van der Waals surface area contributed by atoms with E-state index in [0.717, 1.165) is 4.47 Å². The smallest absolute Gasteiger partial charge is 0.270 e. The molecule has 0 atom stereocenters. The number of amides is 1. The molecule has 0 saturated heterocycles. The molecule has 2 rings (SSSR count). The molecule has 1 N–H and O–H groups in total. The van der Waals surface area contributed by atoms with E-state index >= 15 is 0 Å². The lowest BCUT2D eigenvalue weighted by molar-refractivity contribution is 0.102. The predicted molar refractivity (Wildman–Crippen MR) is 70.8 cm³/mol. The Balaban J connectivity index is 2.17. The Hall–Kier alpha value is -1.40. The summed E-state index contributed by atoms with van der Waals surface area (Å²) >= 11 is 4.64. The van der Waals surface area contributed by atoms with Gasteiger partial charge in [0.15, 0.2) is 0 Å². The quantitative estimate of drug-likeness (QED) is 0.947. The molecule has 17 heavy (non-hydrogen) atoms. The van der Waals surface area contributed by atoms with Crippen molar-refractivity contribution in [2.24, 2.45) is 0 Å². The van der Waals surface area contributed by atoms with E-state index < -0.39 is 0 Å². The maximum Gasteiger partial charge on any atom is 0.270 e. The largest absolute Gasteiger partial charge is 0.495 e. The van der Waals surface area contributed by atoms with E-state index in [2.05, 4.69) is 26.2 Å². The molecule has 0 radical (unpaired) electrons. The van der Waals surface area contributed by atoms with Gasteiger partial charge in [0.1, 0.15) is 16.4 Å². The van der Waals surface area contributed by atoms with E-state index in [1.807, 2.05) is 5.38 Å². The second-order valence-electron chi connectivity index (χ2n) is 3.13. The fourth-order valence-corrected chi connectivity index (χ4v) is 2.36. The molecular weight excluding hydrogens is 304 g/mol. The molecule has 0 unspecified atom stereocenters. The predicted octanol–water partition coefficient (Wildman–Crippen LogP) is 3.17. The molecule has 0 aliphatic carbocycles. The van der Waals surface area contributed by atoms with Gasteiger partial charge in [0, 0.05) is 10.7 Å². The number of hydrogen-bond donors (Lipinski definition) is 1. The van der Waals surface area contributed by atoms with Crippen molar-refractivity contribution in [3.63, 3.8) is 0 Å². The van der Waals surface area contributed by atoms with Crippen LogP contribution in [0.25, 0.3) is 0 Å². The van der Waals surface area contributed by atoms with Crippen LogP contribution < -0.4 is 10.1 Å². The summed E-state index contributed by atoms with van der Waals surface area (Å²) in [5.74, 6) is 0.852. The Bertz CT molecular complexity index is 542. The number of methoxy groups -OCH3 is 1. The average molecular weight is 313 g/mol. The Morgan fingerprint density at radius 3 is 3.06 bits per heavy atom. The molecule has 1 amide bonds. The van der Waals surface area contributed by atoms with Gasteiger partial charge >= 0.3 is 0 Å². The lowest BCUT2D eigenvalue weighted by Crippen LogP contribution is -2.12. The average Bonchev–Trinajstić information content (AvgIpc) is 2.77. The number of carbonyl (C=O) groups excluding carboxylic acids is 1. The number of aromatic nitrogens is 1. The van der Waals surface area contributed by atoms with Crippen molar-refractivity contribution in [2.75, 3.05) is 12.4 Å². The van der Waals surface area contributed by atoms with Gasteiger partial charge in [0.2, 0.25) is 0 Å². The molecule has 4 nitrogen and oxygen atoms in total. The SMILES string of the molecule is COc1ccsc1C(=O)Nc1cc(Br)ccn1. The first-order chi connectivity index (χ1) is 8.20. The van der Waals surface area contributed by atoms with Crippen molar-refractivity contribution >= 4 is 39.0 Å². The number of pyridine rings is 1. The van der Waals surface area contributed by atoms with Gasteiger partial charge in [-0.25, -0.2) is 4.98 Å². The molecule has 0 aliphatic heterocycles. The van der Waals surface area contributed by atoms with E-state index in [1.165, 1.54) is 18.4 Å². The van der Waals surface area contributed by atoms with Crippen LogP contribution in [0.2, 0.25) is 0 Å². The van der Waals surface area contributed by atoms with Crippen molar-refractivity contribution < 1.29 is 9.53 Å². The number of thiophene rings is 1. The van der Waals surface area contributed by atoms with E-state index in [0.29, 0.717) is 16.4 Å². The Labute approximate surface area is 111 Å². The van der Waals surface area contributed by atoms with E-state index in [4.69, 9.17) is 4.74 Å². The molecule has 6 heteroatoms. The topological polar surface area (TPSA) is 51.2 Å². The number of anilines is 1. The van der Waals surface area contributed by atoms with Crippen molar-refractivity contribution in [3.8, 4) is 5.75 Å². The fraction of sp³-hybridized carbons (Fsp3) is 0.0909. The molecule has 2 aromatic rings. The summed E-state index contributed by atoms with van der Waals surface area (Å²) in [7, 11) is 1.54. The van der Waals surface area contributed by atoms with Crippen LogP contribution in [0, 0.1) is 0 Å². The van der Waals surface area contributed by atoms with Gasteiger partial charge in [0.25, 0.3) is 5.91 Å². The molecule has 88 valence electrons. The number of nitrogens with one attached hydrogen (secondary N) is 1. The maximum atomic E-state index is 11.9. The summed E-state index contributed by atoms with van der Waals surface area (Å²) in [6.07, 6.45) is 1.62. The highest BCUT2D eigenvalue weighted by Gasteiger charge is 2.14. The first kappa shape index (κ1) is 12.1. The summed E-state index contributed by atoms with van der Waals surface area (Å²) in [4.78, 5) is 16.5. The minimum absolute atomic E-state index is 0.220. The highest BCUT2D eigenvalue weighted by molar-refractivity contribution is 9.10. The Morgan fingerprint density at radius 2 is 2.35 bits per heavy atom. The van der Waals surface area contributed by atoms with E-state index in [1.54, 1.807) is 24.4 Å². The van der Waals surface area contributed by atoms with Crippen LogP contribution >= 0.6 is 27.3 Å². The zero-order chi connectivity index (χ0) is 12.3. The van der Waals surface area contributed by atoms with Gasteiger partial charge in [0.05, 0.1) is 7.11 Å².